The Morgan fingerprint density at radius 2 is 1.97 bits per heavy atom. The molecule has 9 heteroatoms. The second-order valence-corrected chi connectivity index (χ2v) is 7.27. The number of carbonyl (C=O) groups is 1. The Balaban J connectivity index is 1.40. The van der Waals surface area contributed by atoms with E-state index >= 15 is 0 Å². The molecule has 152 valence electrons. The zero-order valence-electron chi connectivity index (χ0n) is 15.8. The van der Waals surface area contributed by atoms with Crippen LogP contribution in [-0.4, -0.2) is 32.8 Å². The normalized spacial score (nSPS) is 17.5. The maximum absolute atomic E-state index is 13.9. The molecular weight excluding hydrogens is 392 g/mol. The van der Waals surface area contributed by atoms with Gasteiger partial charge in [0.25, 0.3) is 0 Å². The predicted molar refractivity (Wildman–Crippen MR) is 105 cm³/mol. The standard InChI is InChI=1S/C21H17F2N5O2/c22-13-3-5-14(6-4-13)28-9-1-2-12(10-18(28)29)21-25-20(27-30-21)15-7-8-17(23)16-11-24-26-19(15)16/h3-8,11-12H,1-2,9-10H2,(H,24,26)/t12-/m1/s1. The third-order valence-electron chi connectivity index (χ3n) is 5.39. The molecule has 1 aliphatic heterocycles. The third-order valence-corrected chi connectivity index (χ3v) is 5.39. The van der Waals surface area contributed by atoms with E-state index in [0.717, 1.165) is 6.42 Å². The number of anilines is 1. The summed E-state index contributed by atoms with van der Waals surface area (Å²) in [5.41, 5.74) is 1.73. The monoisotopic (exact) mass is 409 g/mol. The number of H-pyrrole nitrogens is 1. The molecule has 3 heterocycles. The number of hydrogen-bond donors (Lipinski definition) is 1. The molecule has 1 N–H and O–H groups in total. The molecule has 5 rings (SSSR count). The Morgan fingerprint density at radius 1 is 1.13 bits per heavy atom. The molecule has 0 bridgehead atoms. The summed E-state index contributed by atoms with van der Waals surface area (Å²) in [5.74, 6) is -0.350. The van der Waals surface area contributed by atoms with Gasteiger partial charge in [-0.15, -0.1) is 0 Å². The largest absolute Gasteiger partial charge is 0.339 e. The fraction of sp³-hybridized carbons (Fsp3) is 0.238. The highest BCUT2D eigenvalue weighted by Crippen LogP contribution is 2.32. The highest BCUT2D eigenvalue weighted by Gasteiger charge is 2.29. The van der Waals surface area contributed by atoms with Crippen LogP contribution in [0.25, 0.3) is 22.3 Å². The average Bonchev–Trinajstić information content (AvgIpc) is 3.38. The van der Waals surface area contributed by atoms with Crippen molar-refractivity contribution in [3.8, 4) is 11.4 Å². The van der Waals surface area contributed by atoms with Gasteiger partial charge in [-0.05, 0) is 49.2 Å². The van der Waals surface area contributed by atoms with E-state index in [1.807, 2.05) is 0 Å². The molecule has 7 nitrogen and oxygen atoms in total. The molecule has 0 saturated carbocycles. The van der Waals surface area contributed by atoms with Crippen LogP contribution in [0.2, 0.25) is 0 Å². The van der Waals surface area contributed by atoms with Crippen molar-refractivity contribution in [3.05, 3.63) is 60.1 Å². The van der Waals surface area contributed by atoms with Gasteiger partial charge in [0.1, 0.15) is 11.6 Å². The first-order chi connectivity index (χ1) is 14.6. The lowest BCUT2D eigenvalue weighted by molar-refractivity contribution is -0.118. The maximum Gasteiger partial charge on any atom is 0.230 e. The zero-order valence-corrected chi connectivity index (χ0v) is 15.8. The minimum absolute atomic E-state index is 0.0819. The van der Waals surface area contributed by atoms with Gasteiger partial charge in [0.05, 0.1) is 17.1 Å². The number of hydrogen-bond acceptors (Lipinski definition) is 5. The van der Waals surface area contributed by atoms with E-state index in [4.69, 9.17) is 4.52 Å². The molecule has 2 aromatic carbocycles. The van der Waals surface area contributed by atoms with E-state index in [1.54, 1.807) is 23.1 Å². The fourth-order valence-electron chi connectivity index (χ4n) is 3.85. The minimum atomic E-state index is -0.388. The van der Waals surface area contributed by atoms with E-state index < -0.39 is 0 Å². The van der Waals surface area contributed by atoms with Crippen LogP contribution >= 0.6 is 0 Å². The number of aromatic nitrogens is 4. The number of halogens is 2. The zero-order chi connectivity index (χ0) is 20.7. The van der Waals surface area contributed by atoms with Crippen LogP contribution in [0.5, 0.6) is 0 Å². The van der Waals surface area contributed by atoms with Gasteiger partial charge in [0.2, 0.25) is 17.6 Å². The number of fused-ring (bicyclic) bond motifs is 1. The summed E-state index contributed by atoms with van der Waals surface area (Å²) in [6.07, 6.45) is 3.06. The fourth-order valence-corrected chi connectivity index (χ4v) is 3.85. The van der Waals surface area contributed by atoms with Crippen LogP contribution in [0.4, 0.5) is 14.5 Å². The maximum atomic E-state index is 13.9. The highest BCUT2D eigenvalue weighted by molar-refractivity contribution is 5.94. The van der Waals surface area contributed by atoms with Crippen molar-refractivity contribution in [2.45, 2.75) is 25.2 Å². The van der Waals surface area contributed by atoms with Crippen molar-refractivity contribution < 1.29 is 18.1 Å². The second-order valence-electron chi connectivity index (χ2n) is 7.27. The molecule has 0 radical (unpaired) electrons. The molecule has 30 heavy (non-hydrogen) atoms. The molecule has 1 saturated heterocycles. The van der Waals surface area contributed by atoms with Gasteiger partial charge in [-0.2, -0.15) is 10.1 Å². The van der Waals surface area contributed by atoms with E-state index in [0.29, 0.717) is 46.8 Å². The van der Waals surface area contributed by atoms with Gasteiger partial charge in [0, 0.05) is 30.1 Å². The smallest absolute Gasteiger partial charge is 0.230 e. The van der Waals surface area contributed by atoms with Crippen LogP contribution in [0, 0.1) is 11.6 Å². The van der Waals surface area contributed by atoms with Gasteiger partial charge in [-0.1, -0.05) is 5.16 Å². The lowest BCUT2D eigenvalue weighted by Gasteiger charge is -2.20. The van der Waals surface area contributed by atoms with Gasteiger partial charge in [0.15, 0.2) is 0 Å². The number of benzene rings is 2. The van der Waals surface area contributed by atoms with Crippen molar-refractivity contribution >= 4 is 22.5 Å². The number of rotatable bonds is 3. The van der Waals surface area contributed by atoms with Crippen molar-refractivity contribution in [2.24, 2.45) is 0 Å². The van der Waals surface area contributed by atoms with Gasteiger partial charge >= 0.3 is 0 Å². The molecule has 0 unspecified atom stereocenters. The molecular formula is C21H17F2N5O2. The van der Waals surface area contributed by atoms with Gasteiger partial charge in [-0.25, -0.2) is 8.78 Å². The number of nitrogens with one attached hydrogen (secondary N) is 1. The Kier molecular flexibility index (Phi) is 4.50. The Hall–Kier alpha value is -3.62. The summed E-state index contributed by atoms with van der Waals surface area (Å²) < 4.78 is 32.6. The molecule has 1 amide bonds. The van der Waals surface area contributed by atoms with E-state index in [9.17, 15) is 13.6 Å². The molecule has 1 fully saturated rings. The van der Waals surface area contributed by atoms with Crippen molar-refractivity contribution in [1.82, 2.24) is 20.3 Å². The predicted octanol–water partition coefficient (Wildman–Crippen LogP) is 4.19. The first-order valence-corrected chi connectivity index (χ1v) is 9.61. The Morgan fingerprint density at radius 3 is 2.80 bits per heavy atom. The quantitative estimate of drug-likeness (QED) is 0.548. The number of nitrogens with zero attached hydrogens (tertiary/aromatic N) is 4. The summed E-state index contributed by atoms with van der Waals surface area (Å²) in [6, 6.07) is 8.78. The van der Waals surface area contributed by atoms with E-state index in [1.165, 1.54) is 24.4 Å². The Bertz CT molecular complexity index is 1220. The summed E-state index contributed by atoms with van der Waals surface area (Å²) in [7, 11) is 0. The van der Waals surface area contributed by atoms with Gasteiger partial charge in [-0.3, -0.25) is 9.89 Å². The minimum Gasteiger partial charge on any atom is -0.339 e. The van der Waals surface area contributed by atoms with Crippen LogP contribution in [0.3, 0.4) is 0 Å². The van der Waals surface area contributed by atoms with Gasteiger partial charge < -0.3 is 9.42 Å². The summed E-state index contributed by atoms with van der Waals surface area (Å²) in [6.45, 7) is 0.536. The number of carbonyl (C=O) groups excluding carboxylic acids is 1. The first kappa shape index (κ1) is 18.4. The Labute approximate surface area is 169 Å². The van der Waals surface area contributed by atoms with Crippen molar-refractivity contribution in [1.29, 1.82) is 0 Å². The van der Waals surface area contributed by atoms with Crippen LogP contribution < -0.4 is 4.90 Å². The topological polar surface area (TPSA) is 87.9 Å². The molecule has 0 spiro atoms. The number of aromatic amines is 1. The summed E-state index contributed by atoms with van der Waals surface area (Å²) in [5, 5.41) is 11.0. The molecule has 1 aliphatic rings. The average molecular weight is 409 g/mol. The lowest BCUT2D eigenvalue weighted by atomic mass is 10.0. The summed E-state index contributed by atoms with van der Waals surface area (Å²) in [4.78, 5) is 19.0. The molecule has 4 aromatic rings. The highest BCUT2D eigenvalue weighted by atomic mass is 19.1. The molecule has 2 aromatic heterocycles. The van der Waals surface area contributed by atoms with Crippen molar-refractivity contribution in [3.63, 3.8) is 0 Å². The molecule has 0 aliphatic carbocycles. The SMILES string of the molecule is O=C1C[C@H](c2nc(-c3ccc(F)c4cn[nH]c34)no2)CCCN1c1ccc(F)cc1. The van der Waals surface area contributed by atoms with Crippen LogP contribution in [-0.2, 0) is 4.79 Å². The lowest BCUT2D eigenvalue weighted by Crippen LogP contribution is -2.30. The van der Waals surface area contributed by atoms with Crippen molar-refractivity contribution in [2.75, 3.05) is 11.4 Å². The number of amides is 1. The molecule has 1 atom stereocenters. The van der Waals surface area contributed by atoms with Crippen LogP contribution in [0.1, 0.15) is 31.1 Å². The summed E-state index contributed by atoms with van der Waals surface area (Å²) >= 11 is 0. The van der Waals surface area contributed by atoms with E-state index in [2.05, 4.69) is 20.3 Å². The second kappa shape index (κ2) is 7.33. The van der Waals surface area contributed by atoms with Crippen LogP contribution in [0.15, 0.2) is 47.1 Å². The first-order valence-electron chi connectivity index (χ1n) is 9.61. The third kappa shape index (κ3) is 3.22. The van der Waals surface area contributed by atoms with E-state index in [-0.39, 0.29) is 29.9 Å².